The highest BCUT2D eigenvalue weighted by Crippen LogP contribution is 2.40. The first kappa shape index (κ1) is 20.0. The van der Waals surface area contributed by atoms with E-state index < -0.39 is 0 Å². The summed E-state index contributed by atoms with van der Waals surface area (Å²) in [7, 11) is 0. The summed E-state index contributed by atoms with van der Waals surface area (Å²) in [5.74, 6) is 3.06. The third-order valence-corrected chi connectivity index (χ3v) is 3.65. The molecule has 2 rings (SSSR count). The van der Waals surface area contributed by atoms with Crippen molar-refractivity contribution in [2.24, 2.45) is 0 Å². The van der Waals surface area contributed by atoms with Gasteiger partial charge in [0.05, 0.1) is 26.4 Å². The van der Waals surface area contributed by atoms with E-state index in [9.17, 15) is 0 Å². The van der Waals surface area contributed by atoms with Crippen molar-refractivity contribution in [1.29, 1.82) is 0 Å². The molecule has 0 atom stereocenters. The summed E-state index contributed by atoms with van der Waals surface area (Å²) in [4.78, 5) is 0. The molecule has 2 aromatic carbocycles. The highest BCUT2D eigenvalue weighted by atomic mass is 16.5. The summed E-state index contributed by atoms with van der Waals surface area (Å²) in [6, 6.07) is 12.9. The van der Waals surface area contributed by atoms with Crippen LogP contribution in [0, 0.1) is 6.07 Å². The maximum absolute atomic E-state index is 5.93. The van der Waals surface area contributed by atoms with Gasteiger partial charge in [0, 0.05) is 17.2 Å². The van der Waals surface area contributed by atoms with Crippen LogP contribution in [0.2, 0.25) is 0 Å². The summed E-state index contributed by atoms with van der Waals surface area (Å²) >= 11 is 0. The van der Waals surface area contributed by atoms with Crippen molar-refractivity contribution in [2.45, 2.75) is 40.5 Å². The third kappa shape index (κ3) is 5.32. The smallest absolute Gasteiger partial charge is 0.135 e. The standard InChI is InChI=1S/C22H29O4/c1-5-13-25-18-10-12-22(26-14-6-2)20(16-18)19-15-17(23-7-3)9-11-21(19)24-8-4/h9-11,15-16H,5-8,13-14H2,1-4H3. The molecule has 0 fully saturated rings. The second-order valence-electron chi connectivity index (χ2n) is 5.80. The SMILES string of the molecule is CCCOc1c[c]c(OCCC)c(-c2cc(OCC)ccc2OCC)c1. The van der Waals surface area contributed by atoms with Gasteiger partial charge < -0.3 is 18.9 Å². The normalized spacial score (nSPS) is 10.5. The quantitative estimate of drug-likeness (QED) is 0.530. The Kier molecular flexibility index (Phi) is 8.13. The Morgan fingerprint density at radius 1 is 0.731 bits per heavy atom. The van der Waals surface area contributed by atoms with Crippen LogP contribution in [0.15, 0.2) is 30.3 Å². The van der Waals surface area contributed by atoms with Gasteiger partial charge in [-0.1, -0.05) is 13.8 Å². The van der Waals surface area contributed by atoms with Gasteiger partial charge in [-0.25, -0.2) is 0 Å². The number of hydrogen-bond acceptors (Lipinski definition) is 4. The molecule has 0 unspecified atom stereocenters. The van der Waals surface area contributed by atoms with Crippen LogP contribution in [0.1, 0.15) is 40.5 Å². The van der Waals surface area contributed by atoms with Gasteiger partial charge in [-0.05, 0) is 57.0 Å². The van der Waals surface area contributed by atoms with E-state index in [1.54, 1.807) is 0 Å². The molecule has 0 heterocycles. The number of benzene rings is 2. The molecule has 4 heteroatoms. The Bertz CT molecular complexity index is 682. The van der Waals surface area contributed by atoms with Crippen LogP contribution in [0.3, 0.4) is 0 Å². The molecule has 4 nitrogen and oxygen atoms in total. The molecule has 0 aliphatic heterocycles. The average molecular weight is 357 g/mol. The van der Waals surface area contributed by atoms with Gasteiger partial charge in [0.1, 0.15) is 23.0 Å². The molecule has 0 bridgehead atoms. The van der Waals surface area contributed by atoms with Crippen molar-refractivity contribution in [3.63, 3.8) is 0 Å². The van der Waals surface area contributed by atoms with E-state index in [0.717, 1.165) is 41.2 Å². The van der Waals surface area contributed by atoms with Gasteiger partial charge in [0.2, 0.25) is 0 Å². The van der Waals surface area contributed by atoms with Gasteiger partial charge in [-0.3, -0.25) is 0 Å². The highest BCUT2D eigenvalue weighted by Gasteiger charge is 2.15. The molecule has 2 aromatic rings. The van der Waals surface area contributed by atoms with Crippen LogP contribution in [-0.2, 0) is 0 Å². The Morgan fingerprint density at radius 3 is 2.12 bits per heavy atom. The summed E-state index contributed by atoms with van der Waals surface area (Å²) < 4.78 is 23.2. The van der Waals surface area contributed by atoms with Gasteiger partial charge in [0.25, 0.3) is 0 Å². The molecular formula is C22H29O4. The first-order valence-corrected chi connectivity index (χ1v) is 9.44. The summed E-state index contributed by atoms with van der Waals surface area (Å²) in [5, 5.41) is 0. The van der Waals surface area contributed by atoms with Gasteiger partial charge in [0.15, 0.2) is 0 Å². The van der Waals surface area contributed by atoms with Gasteiger partial charge in [-0.2, -0.15) is 0 Å². The second kappa shape index (κ2) is 10.6. The van der Waals surface area contributed by atoms with E-state index in [4.69, 9.17) is 18.9 Å². The van der Waals surface area contributed by atoms with Crippen LogP contribution in [0.4, 0.5) is 0 Å². The molecule has 0 aliphatic rings. The van der Waals surface area contributed by atoms with E-state index in [1.807, 2.05) is 44.2 Å². The first-order valence-electron chi connectivity index (χ1n) is 9.44. The van der Waals surface area contributed by atoms with Crippen molar-refractivity contribution in [2.75, 3.05) is 26.4 Å². The predicted molar refractivity (Wildman–Crippen MR) is 105 cm³/mol. The highest BCUT2D eigenvalue weighted by molar-refractivity contribution is 5.78. The fourth-order valence-electron chi connectivity index (χ4n) is 2.55. The fraction of sp³-hybridized carbons (Fsp3) is 0.455. The monoisotopic (exact) mass is 357 g/mol. The molecular weight excluding hydrogens is 328 g/mol. The Morgan fingerprint density at radius 2 is 1.42 bits per heavy atom. The van der Waals surface area contributed by atoms with Gasteiger partial charge in [-0.15, -0.1) is 0 Å². The van der Waals surface area contributed by atoms with Crippen LogP contribution in [-0.4, -0.2) is 26.4 Å². The molecule has 1 radical (unpaired) electrons. The number of ether oxygens (including phenoxy) is 4. The first-order chi connectivity index (χ1) is 12.7. The van der Waals surface area contributed by atoms with Crippen LogP contribution in [0.5, 0.6) is 23.0 Å². The minimum absolute atomic E-state index is 0.585. The minimum atomic E-state index is 0.585. The van der Waals surface area contributed by atoms with Crippen molar-refractivity contribution < 1.29 is 18.9 Å². The van der Waals surface area contributed by atoms with E-state index >= 15 is 0 Å². The predicted octanol–water partition coefficient (Wildman–Crippen LogP) is 5.53. The van der Waals surface area contributed by atoms with Gasteiger partial charge >= 0.3 is 0 Å². The second-order valence-corrected chi connectivity index (χ2v) is 5.80. The van der Waals surface area contributed by atoms with Crippen LogP contribution < -0.4 is 18.9 Å². The lowest BCUT2D eigenvalue weighted by Crippen LogP contribution is -2.01. The summed E-state index contributed by atoms with van der Waals surface area (Å²) in [6.07, 6.45) is 1.88. The lowest BCUT2D eigenvalue weighted by Gasteiger charge is -2.17. The zero-order valence-electron chi connectivity index (χ0n) is 16.3. The molecule has 0 N–H and O–H groups in total. The van der Waals surface area contributed by atoms with E-state index in [2.05, 4.69) is 19.9 Å². The molecule has 0 saturated heterocycles. The topological polar surface area (TPSA) is 36.9 Å². The van der Waals surface area contributed by atoms with Crippen molar-refractivity contribution >= 4 is 0 Å². The lowest BCUT2D eigenvalue weighted by atomic mass is 10.0. The number of rotatable bonds is 11. The van der Waals surface area contributed by atoms with Crippen LogP contribution in [0.25, 0.3) is 11.1 Å². The molecule has 0 aliphatic carbocycles. The Hall–Kier alpha value is -2.36. The molecule has 26 heavy (non-hydrogen) atoms. The molecule has 0 amide bonds. The number of hydrogen-bond donors (Lipinski definition) is 0. The fourth-order valence-corrected chi connectivity index (χ4v) is 2.55. The molecule has 141 valence electrons. The molecule has 0 spiro atoms. The Balaban J connectivity index is 2.52. The largest absolute Gasteiger partial charge is 0.494 e. The average Bonchev–Trinajstić information content (AvgIpc) is 2.66. The van der Waals surface area contributed by atoms with Crippen molar-refractivity contribution in [1.82, 2.24) is 0 Å². The Labute approximate surface area is 157 Å². The van der Waals surface area contributed by atoms with Crippen LogP contribution >= 0.6 is 0 Å². The zero-order valence-corrected chi connectivity index (χ0v) is 16.3. The lowest BCUT2D eigenvalue weighted by molar-refractivity contribution is 0.308. The van der Waals surface area contributed by atoms with E-state index in [1.165, 1.54) is 0 Å². The summed E-state index contributed by atoms with van der Waals surface area (Å²) in [5.41, 5.74) is 1.82. The molecule has 0 aromatic heterocycles. The molecule has 0 saturated carbocycles. The maximum Gasteiger partial charge on any atom is 0.135 e. The van der Waals surface area contributed by atoms with Crippen molar-refractivity contribution in [3.05, 3.63) is 36.4 Å². The third-order valence-electron chi connectivity index (χ3n) is 3.65. The summed E-state index contributed by atoms with van der Waals surface area (Å²) in [6.45, 7) is 10.6. The van der Waals surface area contributed by atoms with E-state index in [-0.39, 0.29) is 0 Å². The minimum Gasteiger partial charge on any atom is -0.494 e. The van der Waals surface area contributed by atoms with E-state index in [0.29, 0.717) is 32.2 Å². The zero-order chi connectivity index (χ0) is 18.8. The van der Waals surface area contributed by atoms with Crippen molar-refractivity contribution in [3.8, 4) is 34.1 Å². The maximum atomic E-state index is 5.93.